The Balaban J connectivity index is 2.89. The Bertz CT molecular complexity index is 396. The number of ether oxygens (including phenoxy) is 1. The van der Waals surface area contributed by atoms with Crippen LogP contribution >= 0.6 is 11.6 Å². The number of benzene rings is 1. The Hall–Kier alpha value is -1.46. The molecule has 1 aromatic carbocycles. The summed E-state index contributed by atoms with van der Waals surface area (Å²) in [5, 5.41) is 3.16. The summed E-state index contributed by atoms with van der Waals surface area (Å²) in [4.78, 5) is 10.9. The zero-order chi connectivity index (χ0) is 12.1. The van der Waals surface area contributed by atoms with Gasteiger partial charge in [0.05, 0.1) is 7.11 Å². The van der Waals surface area contributed by atoms with Crippen LogP contribution in [0.2, 0.25) is 5.02 Å². The van der Waals surface area contributed by atoms with E-state index in [1.165, 1.54) is 0 Å². The maximum atomic E-state index is 10.9. The number of aryl methyl sites for hydroxylation is 1. The summed E-state index contributed by atoms with van der Waals surface area (Å²) in [6.07, 6.45) is 0. The van der Waals surface area contributed by atoms with Gasteiger partial charge in [-0.25, -0.2) is 10.6 Å². The van der Waals surface area contributed by atoms with E-state index in [2.05, 4.69) is 5.32 Å². The highest BCUT2D eigenvalue weighted by atomic mass is 35.5. The van der Waals surface area contributed by atoms with Crippen LogP contribution in [0.4, 0.5) is 4.79 Å². The second kappa shape index (κ2) is 5.58. The molecule has 5 nitrogen and oxygen atoms in total. The summed E-state index contributed by atoms with van der Waals surface area (Å²) in [7, 11) is 1.57. The maximum absolute atomic E-state index is 10.9. The van der Waals surface area contributed by atoms with E-state index in [0.717, 1.165) is 11.1 Å². The number of carbonyl (C=O) groups excluding carboxylic acids is 1. The molecule has 0 heterocycles. The van der Waals surface area contributed by atoms with Gasteiger partial charge in [-0.2, -0.15) is 0 Å². The van der Waals surface area contributed by atoms with Gasteiger partial charge in [0, 0.05) is 17.1 Å². The predicted molar refractivity (Wildman–Crippen MR) is 62.3 cm³/mol. The predicted octanol–water partition coefficient (Wildman–Crippen LogP) is 1.33. The molecule has 0 spiro atoms. The van der Waals surface area contributed by atoms with Gasteiger partial charge in [0.2, 0.25) is 0 Å². The third kappa shape index (κ3) is 3.01. The van der Waals surface area contributed by atoms with Crippen LogP contribution in [0.3, 0.4) is 0 Å². The van der Waals surface area contributed by atoms with E-state index in [1.54, 1.807) is 19.2 Å². The minimum absolute atomic E-state index is 0.299. The number of methoxy groups -OCH3 is 1. The molecule has 0 fully saturated rings. The van der Waals surface area contributed by atoms with Crippen LogP contribution in [-0.4, -0.2) is 13.1 Å². The molecule has 88 valence electrons. The molecular formula is C10H14ClN3O2. The van der Waals surface area contributed by atoms with Crippen molar-refractivity contribution in [3.8, 4) is 5.75 Å². The lowest BCUT2D eigenvalue weighted by molar-refractivity contribution is 0.240. The normalized spacial score (nSPS) is 9.75. The molecule has 0 radical (unpaired) electrons. The number of rotatable bonds is 3. The largest absolute Gasteiger partial charge is 0.496 e. The minimum atomic E-state index is -0.459. The average Bonchev–Trinajstić information content (AvgIpc) is 2.25. The summed E-state index contributed by atoms with van der Waals surface area (Å²) in [5.41, 5.74) is 3.70. The number of nitrogens with one attached hydrogen (secondary N) is 2. The van der Waals surface area contributed by atoms with Gasteiger partial charge < -0.3 is 10.1 Å². The van der Waals surface area contributed by atoms with Crippen molar-refractivity contribution in [3.63, 3.8) is 0 Å². The van der Waals surface area contributed by atoms with E-state index in [9.17, 15) is 4.79 Å². The fraction of sp³-hybridized carbons (Fsp3) is 0.300. The first-order valence-corrected chi connectivity index (χ1v) is 5.03. The van der Waals surface area contributed by atoms with Crippen molar-refractivity contribution in [2.45, 2.75) is 13.5 Å². The fourth-order valence-corrected chi connectivity index (χ4v) is 1.74. The highest BCUT2D eigenvalue weighted by Gasteiger charge is 2.09. The van der Waals surface area contributed by atoms with Gasteiger partial charge >= 0.3 is 6.03 Å². The van der Waals surface area contributed by atoms with E-state index in [1.807, 2.05) is 12.3 Å². The van der Waals surface area contributed by atoms with E-state index < -0.39 is 6.03 Å². The first kappa shape index (κ1) is 12.6. The molecule has 1 rings (SSSR count). The molecule has 16 heavy (non-hydrogen) atoms. The number of nitrogens with two attached hydrogens (primary N) is 1. The molecule has 0 saturated carbocycles. The van der Waals surface area contributed by atoms with Gasteiger partial charge in [0.15, 0.2) is 0 Å². The Morgan fingerprint density at radius 3 is 2.81 bits per heavy atom. The third-order valence-electron chi connectivity index (χ3n) is 2.09. The topological polar surface area (TPSA) is 76.4 Å². The molecule has 0 bridgehead atoms. The standard InChI is InChI=1S/C10H14ClN3O2/c1-6-3-8(11)4-7(9(6)16-2)5-13-10(15)14-12/h3-4H,5,12H2,1-2H3,(H2,13,14,15). The van der Waals surface area contributed by atoms with E-state index in [-0.39, 0.29) is 0 Å². The summed E-state index contributed by atoms with van der Waals surface area (Å²) in [6, 6.07) is 3.08. The van der Waals surface area contributed by atoms with Gasteiger partial charge in [-0.15, -0.1) is 0 Å². The van der Waals surface area contributed by atoms with Crippen LogP contribution in [0, 0.1) is 6.92 Å². The van der Waals surface area contributed by atoms with E-state index in [4.69, 9.17) is 22.2 Å². The van der Waals surface area contributed by atoms with Gasteiger partial charge in [-0.3, -0.25) is 5.43 Å². The van der Waals surface area contributed by atoms with Gasteiger partial charge in [-0.1, -0.05) is 11.6 Å². The van der Waals surface area contributed by atoms with Gasteiger partial charge in [-0.05, 0) is 24.6 Å². The molecule has 0 unspecified atom stereocenters. The van der Waals surface area contributed by atoms with Crippen molar-refractivity contribution < 1.29 is 9.53 Å². The zero-order valence-electron chi connectivity index (χ0n) is 9.13. The lowest BCUT2D eigenvalue weighted by Gasteiger charge is -2.12. The second-order valence-electron chi connectivity index (χ2n) is 3.24. The molecule has 2 amide bonds. The van der Waals surface area contributed by atoms with Crippen LogP contribution in [0.15, 0.2) is 12.1 Å². The Kier molecular flexibility index (Phi) is 4.39. The summed E-state index contributed by atoms with van der Waals surface area (Å²) in [6.45, 7) is 2.19. The van der Waals surface area contributed by atoms with Crippen LogP contribution in [0.1, 0.15) is 11.1 Å². The molecule has 0 aliphatic carbocycles. The SMILES string of the molecule is COc1c(C)cc(Cl)cc1CNC(=O)NN. The second-order valence-corrected chi connectivity index (χ2v) is 3.68. The number of hydrogen-bond donors (Lipinski definition) is 3. The van der Waals surface area contributed by atoms with Crippen molar-refractivity contribution in [3.05, 3.63) is 28.3 Å². The van der Waals surface area contributed by atoms with E-state index in [0.29, 0.717) is 17.3 Å². The minimum Gasteiger partial charge on any atom is -0.496 e. The smallest absolute Gasteiger partial charge is 0.329 e. The van der Waals surface area contributed by atoms with Gasteiger partial charge in [0.25, 0.3) is 0 Å². The zero-order valence-corrected chi connectivity index (χ0v) is 9.89. The maximum Gasteiger partial charge on any atom is 0.329 e. The average molecular weight is 244 g/mol. The molecular weight excluding hydrogens is 230 g/mol. The first-order valence-electron chi connectivity index (χ1n) is 4.66. The lowest BCUT2D eigenvalue weighted by atomic mass is 10.1. The quantitative estimate of drug-likeness (QED) is 0.426. The molecule has 0 atom stereocenters. The summed E-state index contributed by atoms with van der Waals surface area (Å²) < 4.78 is 5.24. The fourth-order valence-electron chi connectivity index (χ4n) is 1.45. The van der Waals surface area contributed by atoms with Crippen LogP contribution < -0.4 is 21.3 Å². The van der Waals surface area contributed by atoms with Crippen LogP contribution in [0.25, 0.3) is 0 Å². The Morgan fingerprint density at radius 1 is 1.56 bits per heavy atom. The molecule has 0 aromatic heterocycles. The van der Waals surface area contributed by atoms with Crippen LogP contribution in [-0.2, 0) is 6.54 Å². The number of carbonyl (C=O) groups is 1. The molecule has 1 aromatic rings. The number of amides is 2. The van der Waals surface area contributed by atoms with Crippen molar-refractivity contribution in [1.29, 1.82) is 0 Å². The number of hydrogen-bond acceptors (Lipinski definition) is 3. The highest BCUT2D eigenvalue weighted by molar-refractivity contribution is 6.30. The Labute approximate surface area is 98.9 Å². The van der Waals surface area contributed by atoms with Gasteiger partial charge in [0.1, 0.15) is 5.75 Å². The van der Waals surface area contributed by atoms with Crippen molar-refractivity contribution >= 4 is 17.6 Å². The number of halogens is 1. The van der Waals surface area contributed by atoms with E-state index >= 15 is 0 Å². The molecule has 0 saturated heterocycles. The Morgan fingerprint density at radius 2 is 2.25 bits per heavy atom. The van der Waals surface area contributed by atoms with Crippen molar-refractivity contribution in [2.75, 3.05) is 7.11 Å². The third-order valence-corrected chi connectivity index (χ3v) is 2.31. The first-order chi connectivity index (χ1) is 7.58. The molecule has 0 aliphatic rings. The van der Waals surface area contributed by atoms with Crippen molar-refractivity contribution in [2.24, 2.45) is 5.84 Å². The monoisotopic (exact) mass is 243 g/mol. The number of hydrazine groups is 1. The molecule has 0 aliphatic heterocycles. The highest BCUT2D eigenvalue weighted by Crippen LogP contribution is 2.27. The summed E-state index contributed by atoms with van der Waals surface area (Å²) >= 11 is 5.92. The summed E-state index contributed by atoms with van der Waals surface area (Å²) in [5.74, 6) is 5.66. The molecule has 6 heteroatoms. The van der Waals surface area contributed by atoms with Crippen molar-refractivity contribution in [1.82, 2.24) is 10.7 Å². The van der Waals surface area contributed by atoms with Crippen LogP contribution in [0.5, 0.6) is 5.75 Å². The number of urea groups is 1. The molecule has 4 N–H and O–H groups in total. The lowest BCUT2D eigenvalue weighted by Crippen LogP contribution is -2.39.